The van der Waals surface area contributed by atoms with Crippen LogP contribution >= 0.6 is 0 Å². The Morgan fingerprint density at radius 1 is 0.408 bits per heavy atom. The first-order valence-corrected chi connectivity index (χ1v) is 30.2. The van der Waals surface area contributed by atoms with Gasteiger partial charge >= 0.3 is 0 Å². The lowest BCUT2D eigenvalue weighted by atomic mass is 9.33. The number of nitrogens with zero attached hydrogens (tertiary/aromatic N) is 3. The molecule has 2 unspecified atom stereocenters. The molecule has 6 aromatic carbocycles. The van der Waals surface area contributed by atoms with Crippen molar-refractivity contribution in [1.29, 1.82) is 0 Å². The fraction of sp³-hybridized carbons (Fsp3) is 0.455. The summed E-state index contributed by atoms with van der Waals surface area (Å²) >= 11 is 0. The van der Waals surface area contributed by atoms with E-state index >= 15 is 0 Å². The topological polar surface area (TPSA) is 9.72 Å². The first kappa shape index (κ1) is 48.3. The van der Waals surface area contributed by atoms with E-state index in [9.17, 15) is 0 Å². The minimum absolute atomic E-state index is 0.00821. The Bertz CT molecular complexity index is 3020. The maximum atomic E-state index is 2.85. The second-order valence-corrected chi connectivity index (χ2v) is 33.1. The molecule has 0 saturated heterocycles. The molecule has 1 saturated carbocycles. The van der Waals surface area contributed by atoms with Crippen LogP contribution in [0.3, 0.4) is 0 Å². The number of anilines is 8. The van der Waals surface area contributed by atoms with Crippen molar-refractivity contribution < 1.29 is 0 Å². The van der Waals surface area contributed by atoms with Crippen LogP contribution in [-0.2, 0) is 32.5 Å². The molecule has 4 heterocycles. The Morgan fingerprint density at radius 3 is 1.23 bits per heavy atom. The highest BCUT2D eigenvalue weighted by Crippen LogP contribution is 2.62. The molecular formula is C66H82BN3Si. The highest BCUT2D eigenvalue weighted by molar-refractivity contribution is 7.16. The maximum Gasteiger partial charge on any atom is 0.251 e. The number of rotatable bonds is 3. The molecular weight excluding hydrogens is 874 g/mol. The van der Waals surface area contributed by atoms with Crippen molar-refractivity contribution in [2.45, 2.75) is 195 Å². The first-order chi connectivity index (χ1) is 32.9. The zero-order valence-electron chi connectivity index (χ0n) is 47.1. The summed E-state index contributed by atoms with van der Waals surface area (Å²) in [5, 5.41) is 3.20. The monoisotopic (exact) mass is 956 g/mol. The van der Waals surface area contributed by atoms with Crippen molar-refractivity contribution >= 4 is 87.0 Å². The zero-order chi connectivity index (χ0) is 51.1. The van der Waals surface area contributed by atoms with Crippen molar-refractivity contribution in [3.05, 3.63) is 137 Å². The van der Waals surface area contributed by atoms with Crippen LogP contribution in [-0.4, -0.2) is 20.3 Å². The number of benzene rings is 6. The third kappa shape index (κ3) is 7.00. The Morgan fingerprint density at radius 2 is 0.803 bits per heavy atom. The molecule has 0 bridgehead atoms. The summed E-state index contributed by atoms with van der Waals surface area (Å²) in [7, 11) is -2.35. The quantitative estimate of drug-likeness (QED) is 0.163. The van der Waals surface area contributed by atoms with Gasteiger partial charge < -0.3 is 14.7 Å². The number of hydrogen-bond acceptors (Lipinski definition) is 3. The SMILES string of the molecule is CC(C)(C)c1ccc(N2c3cc(N4c5ccc(C(C)(C)C)cc5C5(C)CCCCC45C)cc4c3B3c5c2cc(C(C)(C)C)cc5[Si](C)(C)c2cc(C(C)(C)C)cc(c23)N4c2ccc(C(C)(C)C)cc2)cc1. The van der Waals surface area contributed by atoms with Crippen LogP contribution in [0.15, 0.2) is 103 Å². The van der Waals surface area contributed by atoms with E-state index < -0.39 is 8.07 Å². The largest absolute Gasteiger partial charge is 0.334 e. The second-order valence-electron chi connectivity index (χ2n) is 28.8. The maximum absolute atomic E-state index is 2.85. The molecule has 11 rings (SSSR count). The van der Waals surface area contributed by atoms with Gasteiger partial charge in [0, 0.05) is 50.9 Å². The minimum Gasteiger partial charge on any atom is -0.334 e. The first-order valence-electron chi connectivity index (χ1n) is 27.2. The lowest BCUT2D eigenvalue weighted by Crippen LogP contribution is -2.79. The van der Waals surface area contributed by atoms with Crippen LogP contribution in [0.5, 0.6) is 0 Å². The molecule has 368 valence electrons. The van der Waals surface area contributed by atoms with E-state index in [2.05, 4.69) is 249 Å². The summed E-state index contributed by atoms with van der Waals surface area (Å²) < 4.78 is 0. The van der Waals surface area contributed by atoms with Gasteiger partial charge in [0.15, 0.2) is 0 Å². The van der Waals surface area contributed by atoms with Crippen LogP contribution in [0.2, 0.25) is 13.1 Å². The van der Waals surface area contributed by atoms with Gasteiger partial charge in [0.1, 0.15) is 8.07 Å². The third-order valence-electron chi connectivity index (χ3n) is 18.6. The van der Waals surface area contributed by atoms with Crippen molar-refractivity contribution in [1.82, 2.24) is 0 Å². The van der Waals surface area contributed by atoms with E-state index in [1.54, 1.807) is 10.4 Å². The van der Waals surface area contributed by atoms with Crippen molar-refractivity contribution in [2.24, 2.45) is 0 Å². The van der Waals surface area contributed by atoms with Crippen LogP contribution in [0.4, 0.5) is 45.5 Å². The predicted octanol–water partition coefficient (Wildman–Crippen LogP) is 15.1. The van der Waals surface area contributed by atoms with Gasteiger partial charge in [0.05, 0.1) is 5.54 Å². The normalized spacial score (nSPS) is 21.1. The van der Waals surface area contributed by atoms with Crippen LogP contribution < -0.4 is 41.5 Å². The molecule has 3 nitrogen and oxygen atoms in total. The Kier molecular flexibility index (Phi) is 10.2. The van der Waals surface area contributed by atoms with Crippen molar-refractivity contribution in [3.63, 3.8) is 0 Å². The van der Waals surface area contributed by atoms with Crippen molar-refractivity contribution in [3.8, 4) is 0 Å². The Balaban J connectivity index is 1.31. The minimum atomic E-state index is -2.35. The molecule has 4 aliphatic heterocycles. The number of fused-ring (bicyclic) bond motifs is 3. The Hall–Kier alpha value is -5.00. The van der Waals surface area contributed by atoms with Crippen LogP contribution in [0.25, 0.3) is 0 Å². The van der Waals surface area contributed by atoms with E-state index in [-0.39, 0.29) is 44.7 Å². The van der Waals surface area contributed by atoms with E-state index in [0.29, 0.717) is 0 Å². The van der Waals surface area contributed by atoms with E-state index in [1.807, 2.05) is 0 Å². The number of hydrogen-bond donors (Lipinski definition) is 0. The summed E-state index contributed by atoms with van der Waals surface area (Å²) in [4.78, 5) is 8.31. The fourth-order valence-electron chi connectivity index (χ4n) is 13.8. The molecule has 5 heteroatoms. The third-order valence-corrected chi connectivity index (χ3v) is 22.1. The molecule has 0 radical (unpaired) electrons. The smallest absolute Gasteiger partial charge is 0.251 e. The lowest BCUT2D eigenvalue weighted by molar-refractivity contribution is 0.195. The average Bonchev–Trinajstić information content (AvgIpc) is 3.48. The molecule has 0 aromatic heterocycles. The molecule has 0 N–H and O–H groups in total. The summed E-state index contributed by atoms with van der Waals surface area (Å²) in [5.41, 5.74) is 23.4. The van der Waals surface area contributed by atoms with Crippen molar-refractivity contribution in [2.75, 3.05) is 14.7 Å². The molecule has 2 atom stereocenters. The summed E-state index contributed by atoms with van der Waals surface area (Å²) in [6, 6.07) is 42.8. The second kappa shape index (κ2) is 15.1. The van der Waals surface area contributed by atoms with Gasteiger partial charge in [-0.25, -0.2) is 0 Å². The van der Waals surface area contributed by atoms with Gasteiger partial charge in [-0.05, 0) is 151 Å². The van der Waals surface area contributed by atoms with Gasteiger partial charge in [0.2, 0.25) is 0 Å². The van der Waals surface area contributed by atoms with Crippen LogP contribution in [0, 0.1) is 0 Å². The summed E-state index contributed by atoms with van der Waals surface area (Å²) in [6.07, 6.45) is 4.83. The molecule has 71 heavy (non-hydrogen) atoms. The lowest BCUT2D eigenvalue weighted by Gasteiger charge is -2.52. The molecule has 0 spiro atoms. The summed E-state index contributed by atoms with van der Waals surface area (Å²) in [6.45, 7) is 46.3. The highest BCUT2D eigenvalue weighted by atomic mass is 28.3. The molecule has 5 aliphatic rings. The van der Waals surface area contributed by atoms with Gasteiger partial charge in [-0.3, -0.25) is 0 Å². The van der Waals surface area contributed by atoms with E-state index in [4.69, 9.17) is 0 Å². The average molecular weight is 956 g/mol. The fourth-order valence-corrected chi connectivity index (χ4v) is 17.0. The molecule has 6 aromatic rings. The van der Waals surface area contributed by atoms with Crippen LogP contribution in [0.1, 0.15) is 177 Å². The summed E-state index contributed by atoms with van der Waals surface area (Å²) in [5.74, 6) is 0. The van der Waals surface area contributed by atoms with Gasteiger partial charge in [-0.2, -0.15) is 0 Å². The molecule has 1 fully saturated rings. The van der Waals surface area contributed by atoms with Gasteiger partial charge in [0.25, 0.3) is 6.71 Å². The highest BCUT2D eigenvalue weighted by Gasteiger charge is 2.59. The molecule has 1 aliphatic carbocycles. The molecule has 0 amide bonds. The van der Waals surface area contributed by atoms with E-state index in [0.717, 1.165) is 6.42 Å². The standard InChI is InChI=1S/C66H82BN3Si/c1-60(2,3)41-22-27-46(28-23-41)68-51-35-44(63(10,11)12)37-55-58(51)67-57-53(68)39-48(70-50-31-26-43(62(7,8)9)34-49(50)65(16)32-20-21-33-66(65,70)17)40-54(57)69(47-29-24-42(25-30-47)61(4,5)6)52-36-45(64(13,14)15)38-56(59(52)67)71(55,18)19/h22-31,34-40H,20-21,32-33H2,1-19H3. The van der Waals surface area contributed by atoms with Gasteiger partial charge in [-0.15, -0.1) is 0 Å². The zero-order valence-corrected chi connectivity index (χ0v) is 48.1. The van der Waals surface area contributed by atoms with E-state index in [1.165, 1.54) is 115 Å². The predicted molar refractivity (Wildman–Crippen MR) is 314 cm³/mol. The van der Waals surface area contributed by atoms with Gasteiger partial charge in [-0.1, -0.05) is 196 Å². The Labute approximate surface area is 430 Å².